The van der Waals surface area contributed by atoms with Gasteiger partial charge in [0.1, 0.15) is 17.5 Å². The number of nitrogens with zero attached hydrogens (tertiary/aromatic N) is 1. The number of carbonyl (C=O) groups is 1. The maximum Gasteiger partial charge on any atom is 0.243 e. The van der Waals surface area contributed by atoms with Gasteiger partial charge in [-0.25, -0.2) is 8.42 Å². The average Bonchev–Trinajstić information content (AvgIpc) is 2.81. The Morgan fingerprint density at radius 2 is 1.45 bits per heavy atom. The Morgan fingerprint density at radius 3 is 2.13 bits per heavy atom. The van der Waals surface area contributed by atoms with Crippen molar-refractivity contribution in [3.05, 3.63) is 84.9 Å². The molecule has 1 saturated heterocycles. The number of amides is 1. The molecule has 3 aromatic carbocycles. The SMILES string of the molecule is O=C(Nc1ccc(Oc2ccccc2)cc1)C1CCCCN1S(=O)(=O)c1ccccc1. The topological polar surface area (TPSA) is 75.7 Å². The first-order valence-electron chi connectivity index (χ1n) is 10.2. The molecule has 1 fully saturated rings. The molecule has 4 rings (SSSR count). The third-order valence-electron chi connectivity index (χ3n) is 5.21. The summed E-state index contributed by atoms with van der Waals surface area (Å²) in [5.41, 5.74) is 0.591. The van der Waals surface area contributed by atoms with Gasteiger partial charge in [0.2, 0.25) is 15.9 Å². The van der Waals surface area contributed by atoms with E-state index >= 15 is 0 Å². The van der Waals surface area contributed by atoms with Crippen LogP contribution in [0.25, 0.3) is 0 Å². The first kappa shape index (κ1) is 21.1. The van der Waals surface area contributed by atoms with Crippen LogP contribution in [0.4, 0.5) is 5.69 Å². The first-order chi connectivity index (χ1) is 15.0. The molecule has 160 valence electrons. The Kier molecular flexibility index (Phi) is 6.34. The van der Waals surface area contributed by atoms with E-state index in [-0.39, 0.29) is 10.8 Å². The minimum Gasteiger partial charge on any atom is -0.457 e. The summed E-state index contributed by atoms with van der Waals surface area (Å²) in [4.78, 5) is 13.2. The Hall–Kier alpha value is -3.16. The summed E-state index contributed by atoms with van der Waals surface area (Å²) in [6.07, 6.45) is 2.04. The Balaban J connectivity index is 1.46. The minimum absolute atomic E-state index is 0.206. The normalized spacial score (nSPS) is 17.1. The van der Waals surface area contributed by atoms with Gasteiger partial charge in [-0.1, -0.05) is 42.8 Å². The smallest absolute Gasteiger partial charge is 0.243 e. The fourth-order valence-corrected chi connectivity index (χ4v) is 5.32. The molecule has 7 heteroatoms. The predicted molar refractivity (Wildman–Crippen MR) is 120 cm³/mol. The number of hydrogen-bond acceptors (Lipinski definition) is 4. The Bertz CT molecular complexity index is 1120. The van der Waals surface area contributed by atoms with Crippen LogP contribution in [0.3, 0.4) is 0 Å². The zero-order valence-corrected chi connectivity index (χ0v) is 17.8. The third-order valence-corrected chi connectivity index (χ3v) is 7.13. The van der Waals surface area contributed by atoms with E-state index in [0.717, 1.165) is 18.6 Å². The molecule has 6 nitrogen and oxygen atoms in total. The molecule has 0 spiro atoms. The fraction of sp³-hybridized carbons (Fsp3) is 0.208. The minimum atomic E-state index is -3.74. The molecule has 0 radical (unpaired) electrons. The van der Waals surface area contributed by atoms with Gasteiger partial charge in [-0.2, -0.15) is 4.31 Å². The number of nitrogens with one attached hydrogen (secondary N) is 1. The molecule has 1 unspecified atom stereocenters. The summed E-state index contributed by atoms with van der Waals surface area (Å²) in [5, 5.41) is 2.86. The number of rotatable bonds is 6. The molecule has 31 heavy (non-hydrogen) atoms. The van der Waals surface area contributed by atoms with Crippen molar-refractivity contribution >= 4 is 21.6 Å². The maximum atomic E-state index is 13.1. The summed E-state index contributed by atoms with van der Waals surface area (Å²) in [6, 6.07) is 24.0. The third kappa shape index (κ3) is 4.95. The van der Waals surface area contributed by atoms with Crippen LogP contribution in [0, 0.1) is 0 Å². The quantitative estimate of drug-likeness (QED) is 0.610. The van der Waals surface area contributed by atoms with Crippen molar-refractivity contribution in [1.82, 2.24) is 4.31 Å². The zero-order valence-electron chi connectivity index (χ0n) is 17.0. The molecule has 3 aromatic rings. The average molecular weight is 437 g/mol. The van der Waals surface area contributed by atoms with Crippen LogP contribution in [0.2, 0.25) is 0 Å². The van der Waals surface area contributed by atoms with Crippen LogP contribution in [-0.4, -0.2) is 31.2 Å². The van der Waals surface area contributed by atoms with E-state index in [1.165, 1.54) is 4.31 Å². The lowest BCUT2D eigenvalue weighted by Gasteiger charge is -2.33. The lowest BCUT2D eigenvalue weighted by atomic mass is 10.0. The van der Waals surface area contributed by atoms with Gasteiger partial charge in [-0.15, -0.1) is 0 Å². The second-order valence-electron chi connectivity index (χ2n) is 7.37. The van der Waals surface area contributed by atoms with Crippen LogP contribution in [0.15, 0.2) is 89.8 Å². The first-order valence-corrected chi connectivity index (χ1v) is 11.7. The van der Waals surface area contributed by atoms with Crippen LogP contribution in [0.1, 0.15) is 19.3 Å². The highest BCUT2D eigenvalue weighted by Gasteiger charge is 2.37. The van der Waals surface area contributed by atoms with Gasteiger partial charge < -0.3 is 10.1 Å². The van der Waals surface area contributed by atoms with Crippen molar-refractivity contribution in [1.29, 1.82) is 0 Å². The Morgan fingerprint density at radius 1 is 0.839 bits per heavy atom. The number of carbonyl (C=O) groups excluding carboxylic acids is 1. The lowest BCUT2D eigenvalue weighted by Crippen LogP contribution is -2.49. The van der Waals surface area contributed by atoms with E-state index in [0.29, 0.717) is 24.4 Å². The largest absolute Gasteiger partial charge is 0.457 e. The molecule has 1 N–H and O–H groups in total. The van der Waals surface area contributed by atoms with E-state index in [1.807, 2.05) is 30.3 Å². The monoisotopic (exact) mass is 436 g/mol. The molecule has 1 atom stereocenters. The summed E-state index contributed by atoms with van der Waals surface area (Å²) < 4.78 is 33.3. The van der Waals surface area contributed by atoms with Crippen molar-refractivity contribution in [3.8, 4) is 11.5 Å². The van der Waals surface area contributed by atoms with E-state index in [1.54, 1.807) is 54.6 Å². The lowest BCUT2D eigenvalue weighted by molar-refractivity contribution is -0.120. The van der Waals surface area contributed by atoms with Crippen LogP contribution < -0.4 is 10.1 Å². The maximum absolute atomic E-state index is 13.1. The predicted octanol–water partition coefficient (Wildman–Crippen LogP) is 4.66. The molecule has 0 saturated carbocycles. The number of hydrogen-bond donors (Lipinski definition) is 1. The van der Waals surface area contributed by atoms with Gasteiger partial charge >= 0.3 is 0 Å². The van der Waals surface area contributed by atoms with E-state index in [9.17, 15) is 13.2 Å². The van der Waals surface area contributed by atoms with Gasteiger partial charge in [0.25, 0.3) is 0 Å². The number of sulfonamides is 1. The number of para-hydroxylation sites is 1. The molecule has 0 bridgehead atoms. The molecule has 1 heterocycles. The molecule has 0 aliphatic carbocycles. The number of piperidine rings is 1. The van der Waals surface area contributed by atoms with Gasteiger partial charge in [0.15, 0.2) is 0 Å². The second-order valence-corrected chi connectivity index (χ2v) is 9.26. The van der Waals surface area contributed by atoms with Gasteiger partial charge in [0, 0.05) is 12.2 Å². The van der Waals surface area contributed by atoms with Crippen LogP contribution >= 0.6 is 0 Å². The van der Waals surface area contributed by atoms with E-state index < -0.39 is 16.1 Å². The molecule has 1 amide bonds. The zero-order chi connectivity index (χ0) is 21.7. The van der Waals surface area contributed by atoms with Crippen molar-refractivity contribution in [2.24, 2.45) is 0 Å². The summed E-state index contributed by atoms with van der Waals surface area (Å²) >= 11 is 0. The molecular formula is C24H24N2O4S. The second kappa shape index (κ2) is 9.32. The molecule has 1 aliphatic rings. The number of anilines is 1. The highest BCUT2D eigenvalue weighted by atomic mass is 32.2. The van der Waals surface area contributed by atoms with Crippen molar-refractivity contribution in [2.45, 2.75) is 30.2 Å². The number of ether oxygens (including phenoxy) is 1. The van der Waals surface area contributed by atoms with E-state index in [4.69, 9.17) is 4.74 Å². The van der Waals surface area contributed by atoms with Gasteiger partial charge in [-0.05, 0) is 61.4 Å². The van der Waals surface area contributed by atoms with E-state index in [2.05, 4.69) is 5.32 Å². The summed E-state index contributed by atoms with van der Waals surface area (Å²) in [6.45, 7) is 0.333. The van der Waals surface area contributed by atoms with Crippen LogP contribution in [-0.2, 0) is 14.8 Å². The molecule has 1 aliphatic heterocycles. The highest BCUT2D eigenvalue weighted by molar-refractivity contribution is 7.89. The standard InChI is InChI=1S/C24H24N2O4S/c27-24(25-19-14-16-21(17-15-19)30-20-9-3-1-4-10-20)23-13-7-8-18-26(23)31(28,29)22-11-5-2-6-12-22/h1-6,9-12,14-17,23H,7-8,13,18H2,(H,25,27). The van der Waals surface area contributed by atoms with Crippen molar-refractivity contribution in [3.63, 3.8) is 0 Å². The van der Waals surface area contributed by atoms with Gasteiger partial charge in [-0.3, -0.25) is 4.79 Å². The molecule has 0 aromatic heterocycles. The Labute approximate surface area is 182 Å². The summed E-state index contributed by atoms with van der Waals surface area (Å²) in [5.74, 6) is 1.05. The van der Waals surface area contributed by atoms with Gasteiger partial charge in [0.05, 0.1) is 4.90 Å². The van der Waals surface area contributed by atoms with Crippen LogP contribution in [0.5, 0.6) is 11.5 Å². The highest BCUT2D eigenvalue weighted by Crippen LogP contribution is 2.27. The molecular weight excluding hydrogens is 412 g/mol. The summed E-state index contributed by atoms with van der Waals surface area (Å²) in [7, 11) is -3.74. The van der Waals surface area contributed by atoms with Crippen molar-refractivity contribution in [2.75, 3.05) is 11.9 Å². The fourth-order valence-electron chi connectivity index (χ4n) is 3.64. The number of benzene rings is 3. The van der Waals surface area contributed by atoms with Crippen molar-refractivity contribution < 1.29 is 17.9 Å².